The Hall–Kier alpha value is -0.330. The summed E-state index contributed by atoms with van der Waals surface area (Å²) in [5.74, 6) is 0. The molecule has 0 radical (unpaired) electrons. The molecule has 3 nitrogen and oxygen atoms in total. The van der Waals surface area contributed by atoms with Crippen molar-refractivity contribution >= 4 is 0 Å². The molecule has 12 heavy (non-hydrogen) atoms. The van der Waals surface area contributed by atoms with E-state index in [1.54, 1.807) is 7.05 Å². The largest absolute Gasteiger partial charge is 0.416 e. The normalized spacial score (nSPS) is 14.8. The van der Waals surface area contributed by atoms with Gasteiger partial charge in [0.25, 0.3) is 0 Å². The molecule has 1 unspecified atom stereocenters. The third kappa shape index (κ3) is 5.34. The molecule has 0 aromatic heterocycles. The minimum absolute atomic E-state index is 0.156. The molecule has 74 valence electrons. The Morgan fingerprint density at radius 2 is 2.08 bits per heavy atom. The lowest BCUT2D eigenvalue weighted by molar-refractivity contribution is -0.217. The van der Waals surface area contributed by atoms with Crippen LogP contribution in [0.2, 0.25) is 0 Å². The van der Waals surface area contributed by atoms with Gasteiger partial charge in [0.05, 0.1) is 13.2 Å². The van der Waals surface area contributed by atoms with E-state index in [0.29, 0.717) is 6.54 Å². The van der Waals surface area contributed by atoms with Gasteiger partial charge in [0.1, 0.15) is 0 Å². The highest BCUT2D eigenvalue weighted by Crippen LogP contribution is 2.19. The summed E-state index contributed by atoms with van der Waals surface area (Å²) in [4.78, 5) is 0. The number of likely N-dealkylation sites (N-methyl/N-ethyl adjacent to an activating group) is 1. The molecule has 0 aromatic rings. The zero-order chi connectivity index (χ0) is 9.61. The van der Waals surface area contributed by atoms with Crippen LogP contribution in [0.5, 0.6) is 0 Å². The molecule has 0 spiro atoms. The summed E-state index contributed by atoms with van der Waals surface area (Å²) in [6.07, 6.45) is -6.96. The highest BCUT2D eigenvalue weighted by atomic mass is 19.4. The summed E-state index contributed by atoms with van der Waals surface area (Å²) in [6, 6.07) is 0. The maximum Gasteiger partial charge on any atom is 0.416 e. The van der Waals surface area contributed by atoms with Gasteiger partial charge in [-0.1, -0.05) is 0 Å². The molecule has 6 heteroatoms. The third-order valence-corrected chi connectivity index (χ3v) is 1.15. The van der Waals surface area contributed by atoms with Gasteiger partial charge in [0, 0.05) is 6.54 Å². The zero-order valence-electron chi connectivity index (χ0n) is 6.69. The Bertz CT molecular complexity index is 118. The SMILES string of the molecule is CNCCOCC(O)C(F)(F)F. The molecular weight excluding hydrogens is 175 g/mol. The number of aliphatic hydroxyl groups excluding tert-OH is 1. The van der Waals surface area contributed by atoms with Crippen molar-refractivity contribution < 1.29 is 23.0 Å². The van der Waals surface area contributed by atoms with Crippen molar-refractivity contribution in [2.75, 3.05) is 26.8 Å². The number of alkyl halides is 3. The number of ether oxygens (including phenoxy) is 1. The Balaban J connectivity index is 3.38. The van der Waals surface area contributed by atoms with E-state index in [9.17, 15) is 13.2 Å². The maximum absolute atomic E-state index is 11.6. The average molecular weight is 187 g/mol. The first kappa shape index (κ1) is 11.7. The van der Waals surface area contributed by atoms with E-state index in [4.69, 9.17) is 5.11 Å². The average Bonchev–Trinajstić information content (AvgIpc) is 1.96. The molecular formula is C6H12F3NO2. The first-order valence-corrected chi connectivity index (χ1v) is 3.45. The Morgan fingerprint density at radius 1 is 1.50 bits per heavy atom. The van der Waals surface area contributed by atoms with Crippen LogP contribution in [-0.2, 0) is 4.74 Å². The molecule has 0 bridgehead atoms. The number of hydrogen-bond acceptors (Lipinski definition) is 3. The van der Waals surface area contributed by atoms with Crippen molar-refractivity contribution in [2.24, 2.45) is 0 Å². The monoisotopic (exact) mass is 187 g/mol. The molecule has 0 aliphatic heterocycles. The molecule has 0 aliphatic rings. The summed E-state index contributed by atoms with van der Waals surface area (Å²) in [7, 11) is 1.66. The van der Waals surface area contributed by atoms with Gasteiger partial charge in [-0.05, 0) is 7.05 Å². The molecule has 0 aliphatic carbocycles. The second kappa shape index (κ2) is 5.34. The van der Waals surface area contributed by atoms with Crippen molar-refractivity contribution in [1.82, 2.24) is 5.32 Å². The predicted octanol–water partition coefficient (Wildman–Crippen LogP) is 0.146. The molecule has 0 rings (SSSR count). The van der Waals surface area contributed by atoms with E-state index in [2.05, 4.69) is 10.1 Å². The number of nitrogens with one attached hydrogen (secondary N) is 1. The van der Waals surface area contributed by atoms with Crippen LogP contribution in [0, 0.1) is 0 Å². The fourth-order valence-corrected chi connectivity index (χ4v) is 0.464. The Kier molecular flexibility index (Phi) is 5.19. The van der Waals surface area contributed by atoms with Crippen molar-refractivity contribution in [3.8, 4) is 0 Å². The van der Waals surface area contributed by atoms with Crippen molar-refractivity contribution in [3.63, 3.8) is 0 Å². The second-order valence-electron chi connectivity index (χ2n) is 2.24. The van der Waals surface area contributed by atoms with E-state index in [1.165, 1.54) is 0 Å². The summed E-state index contributed by atoms with van der Waals surface area (Å²) < 4.78 is 39.4. The molecule has 2 N–H and O–H groups in total. The fourth-order valence-electron chi connectivity index (χ4n) is 0.464. The quantitative estimate of drug-likeness (QED) is 0.602. The van der Waals surface area contributed by atoms with Crippen molar-refractivity contribution in [2.45, 2.75) is 12.3 Å². The van der Waals surface area contributed by atoms with E-state index >= 15 is 0 Å². The Labute approximate surface area is 68.5 Å². The summed E-state index contributed by atoms with van der Waals surface area (Å²) in [5.41, 5.74) is 0. The zero-order valence-corrected chi connectivity index (χ0v) is 6.69. The van der Waals surface area contributed by atoms with E-state index in [-0.39, 0.29) is 6.61 Å². The third-order valence-electron chi connectivity index (χ3n) is 1.15. The van der Waals surface area contributed by atoms with Gasteiger partial charge in [-0.25, -0.2) is 0 Å². The molecule has 0 fully saturated rings. The number of halogens is 3. The van der Waals surface area contributed by atoms with Gasteiger partial charge in [0.2, 0.25) is 0 Å². The number of rotatable bonds is 5. The van der Waals surface area contributed by atoms with Crippen LogP contribution >= 0.6 is 0 Å². The van der Waals surface area contributed by atoms with E-state index < -0.39 is 18.9 Å². The highest BCUT2D eigenvalue weighted by molar-refractivity contribution is 4.63. The Morgan fingerprint density at radius 3 is 2.50 bits per heavy atom. The first-order chi connectivity index (χ1) is 5.48. The molecule has 0 heterocycles. The molecule has 1 atom stereocenters. The van der Waals surface area contributed by atoms with E-state index in [1.807, 2.05) is 0 Å². The van der Waals surface area contributed by atoms with Crippen LogP contribution in [0.3, 0.4) is 0 Å². The predicted molar refractivity (Wildman–Crippen MR) is 36.8 cm³/mol. The van der Waals surface area contributed by atoms with Crippen molar-refractivity contribution in [1.29, 1.82) is 0 Å². The summed E-state index contributed by atoms with van der Waals surface area (Å²) in [5, 5.41) is 11.1. The number of hydrogen-bond donors (Lipinski definition) is 2. The van der Waals surface area contributed by atoms with E-state index in [0.717, 1.165) is 0 Å². The van der Waals surface area contributed by atoms with Crippen LogP contribution < -0.4 is 5.32 Å². The number of aliphatic hydroxyl groups is 1. The van der Waals surface area contributed by atoms with Gasteiger partial charge in [0.15, 0.2) is 6.10 Å². The van der Waals surface area contributed by atoms with Crippen LogP contribution in [0.15, 0.2) is 0 Å². The molecule has 0 aromatic carbocycles. The second-order valence-corrected chi connectivity index (χ2v) is 2.24. The van der Waals surface area contributed by atoms with Crippen LogP contribution in [0.1, 0.15) is 0 Å². The van der Waals surface area contributed by atoms with Gasteiger partial charge in [-0.15, -0.1) is 0 Å². The molecule has 0 saturated carbocycles. The smallest absolute Gasteiger partial charge is 0.382 e. The summed E-state index contributed by atoms with van der Waals surface area (Å²) in [6.45, 7) is -0.0839. The molecule has 0 amide bonds. The fraction of sp³-hybridized carbons (Fsp3) is 1.00. The molecule has 0 saturated heterocycles. The topological polar surface area (TPSA) is 41.5 Å². The maximum atomic E-state index is 11.6. The highest BCUT2D eigenvalue weighted by Gasteiger charge is 2.38. The van der Waals surface area contributed by atoms with Gasteiger partial charge >= 0.3 is 6.18 Å². The summed E-state index contributed by atoms with van der Waals surface area (Å²) >= 11 is 0. The van der Waals surface area contributed by atoms with Gasteiger partial charge in [-0.2, -0.15) is 13.2 Å². The van der Waals surface area contributed by atoms with Crippen LogP contribution in [-0.4, -0.2) is 44.2 Å². The standard InChI is InChI=1S/C6H12F3NO2/c1-10-2-3-12-4-5(11)6(7,8)9/h5,10-11H,2-4H2,1H3. The minimum atomic E-state index is -4.58. The lowest BCUT2D eigenvalue weighted by Crippen LogP contribution is -2.33. The van der Waals surface area contributed by atoms with Gasteiger partial charge < -0.3 is 15.2 Å². The van der Waals surface area contributed by atoms with Crippen LogP contribution in [0.25, 0.3) is 0 Å². The first-order valence-electron chi connectivity index (χ1n) is 3.45. The van der Waals surface area contributed by atoms with Crippen molar-refractivity contribution in [3.05, 3.63) is 0 Å². The minimum Gasteiger partial charge on any atom is -0.382 e. The lowest BCUT2D eigenvalue weighted by atomic mass is 10.4. The lowest BCUT2D eigenvalue weighted by Gasteiger charge is -2.14. The van der Waals surface area contributed by atoms with Gasteiger partial charge in [-0.3, -0.25) is 0 Å². The van der Waals surface area contributed by atoms with Crippen LogP contribution in [0.4, 0.5) is 13.2 Å².